The van der Waals surface area contributed by atoms with E-state index in [4.69, 9.17) is 9.47 Å². The largest absolute Gasteiger partial charge is 0.487 e. The van der Waals surface area contributed by atoms with Gasteiger partial charge in [-0.25, -0.2) is 4.79 Å². The number of rotatable bonds is 22. The normalized spacial score (nSPS) is 29.5. The molecule has 6 heteroatoms. The van der Waals surface area contributed by atoms with Gasteiger partial charge in [0.05, 0.1) is 17.1 Å². The number of carbonyl (C=O) groups is 1. The fourth-order valence-corrected chi connectivity index (χ4v) is 12.0. The fourth-order valence-electron chi connectivity index (χ4n) is 12.0. The van der Waals surface area contributed by atoms with Gasteiger partial charge in [0.25, 0.3) is 0 Å². The van der Waals surface area contributed by atoms with Crippen molar-refractivity contribution in [1.29, 1.82) is 0 Å². The molecule has 0 aliphatic heterocycles. The molecule has 0 heterocycles. The molecule has 0 aromatic heterocycles. The zero-order chi connectivity index (χ0) is 38.7. The van der Waals surface area contributed by atoms with Crippen LogP contribution in [-0.2, 0) is 4.74 Å². The number of hydrogen-bond donors (Lipinski definition) is 0. The van der Waals surface area contributed by atoms with E-state index in [-0.39, 0.29) is 28.5 Å². The van der Waals surface area contributed by atoms with Crippen LogP contribution in [0.25, 0.3) is 0 Å². The monoisotopic (exact) mass is 748 g/mol. The first-order chi connectivity index (χ1) is 26.0. The highest BCUT2D eigenvalue weighted by molar-refractivity contribution is 5.90. The SMILES string of the molecule is CCCCCCCCCCCCCCOc1ccc(C(=O)O[C@H]2CC[C@@]3(C)C(=CC[C@H]4[C@@H]5CC[C@H]([C@H](C)CCCC(C)C)[C@@]5(C)CC[C@@H]43)C2)cc1[N+](=O)[O-]. The van der Waals surface area contributed by atoms with Crippen molar-refractivity contribution in [3.8, 4) is 5.75 Å². The van der Waals surface area contributed by atoms with Crippen LogP contribution in [0.15, 0.2) is 29.8 Å². The van der Waals surface area contributed by atoms with Crippen LogP contribution in [-0.4, -0.2) is 23.6 Å². The summed E-state index contributed by atoms with van der Waals surface area (Å²) in [6.07, 6.45) is 30.8. The van der Waals surface area contributed by atoms with Crippen molar-refractivity contribution in [1.82, 2.24) is 0 Å². The van der Waals surface area contributed by atoms with E-state index in [2.05, 4.69) is 47.6 Å². The number of hydrogen-bond acceptors (Lipinski definition) is 5. The topological polar surface area (TPSA) is 78.7 Å². The number of allylic oxidation sites excluding steroid dienone is 1. The van der Waals surface area contributed by atoms with E-state index in [9.17, 15) is 14.9 Å². The van der Waals surface area contributed by atoms with Crippen LogP contribution in [0.3, 0.4) is 0 Å². The molecule has 4 aliphatic carbocycles. The Balaban J connectivity index is 1.08. The molecule has 0 amide bonds. The molecule has 3 saturated carbocycles. The Labute approximate surface area is 329 Å². The average Bonchev–Trinajstić information content (AvgIpc) is 3.50. The second kappa shape index (κ2) is 20.2. The average molecular weight is 748 g/mol. The number of nitro groups is 1. The quantitative estimate of drug-likeness (QED) is 0.0388. The Morgan fingerprint density at radius 1 is 0.852 bits per heavy atom. The summed E-state index contributed by atoms with van der Waals surface area (Å²) in [5.74, 6) is 4.55. The van der Waals surface area contributed by atoms with Gasteiger partial charge in [0.15, 0.2) is 5.75 Å². The minimum atomic E-state index is -0.471. The van der Waals surface area contributed by atoms with Gasteiger partial charge in [-0.15, -0.1) is 0 Å². The lowest BCUT2D eigenvalue weighted by Gasteiger charge is -2.58. The minimum Gasteiger partial charge on any atom is -0.487 e. The molecule has 1 aromatic rings. The molecule has 1 aromatic carbocycles. The molecule has 8 atom stereocenters. The number of fused-ring (bicyclic) bond motifs is 5. The number of benzene rings is 1. The van der Waals surface area contributed by atoms with Crippen LogP contribution >= 0.6 is 0 Å². The van der Waals surface area contributed by atoms with E-state index >= 15 is 0 Å². The van der Waals surface area contributed by atoms with Gasteiger partial charge < -0.3 is 9.47 Å². The maximum Gasteiger partial charge on any atom is 0.338 e. The molecule has 3 fully saturated rings. The third-order valence-electron chi connectivity index (χ3n) is 15.2. The lowest BCUT2D eigenvalue weighted by Crippen LogP contribution is -2.51. The van der Waals surface area contributed by atoms with Gasteiger partial charge in [0.2, 0.25) is 0 Å². The second-order valence-electron chi connectivity index (χ2n) is 19.2. The highest BCUT2D eigenvalue weighted by atomic mass is 16.6. The molecule has 0 radical (unpaired) electrons. The molecule has 0 spiro atoms. The van der Waals surface area contributed by atoms with Crippen molar-refractivity contribution in [2.24, 2.45) is 46.3 Å². The van der Waals surface area contributed by atoms with E-state index in [1.165, 1.54) is 121 Å². The summed E-state index contributed by atoms with van der Waals surface area (Å²) in [5, 5.41) is 12.0. The van der Waals surface area contributed by atoms with Gasteiger partial charge in [-0.3, -0.25) is 10.1 Å². The first kappa shape index (κ1) is 42.8. The van der Waals surface area contributed by atoms with E-state index in [0.29, 0.717) is 17.9 Å². The maximum absolute atomic E-state index is 13.4. The summed E-state index contributed by atoms with van der Waals surface area (Å²) < 4.78 is 12.0. The molecule has 0 bridgehead atoms. The van der Waals surface area contributed by atoms with Crippen molar-refractivity contribution in [2.45, 2.75) is 195 Å². The fraction of sp³-hybridized carbons (Fsp3) is 0.812. The van der Waals surface area contributed by atoms with Crippen molar-refractivity contribution in [3.63, 3.8) is 0 Å². The van der Waals surface area contributed by atoms with Crippen LogP contribution < -0.4 is 4.74 Å². The second-order valence-corrected chi connectivity index (χ2v) is 19.2. The Kier molecular flexibility index (Phi) is 16.0. The molecule has 6 nitrogen and oxygen atoms in total. The third kappa shape index (κ3) is 10.5. The Bertz CT molecular complexity index is 1390. The van der Waals surface area contributed by atoms with Gasteiger partial charge in [-0.05, 0) is 110 Å². The standard InChI is InChI=1S/C48H77NO5/c1-7-8-9-10-11-12-13-14-15-16-17-18-32-53-45-27-22-37(33-44(45)49(51)52)46(50)54-39-28-30-47(5)38(34-39)23-24-40-42-26-25-41(36(4)21-19-20-35(2)3)48(42,6)31-29-43(40)47/h22-23,27,33,35-36,39-43H,7-21,24-26,28-32,34H2,1-6H3/t36-,39+,40+,41-,42+,43+,47+,48-/m1/s1. The van der Waals surface area contributed by atoms with Crippen LogP contribution in [0.1, 0.15) is 200 Å². The molecule has 304 valence electrons. The Morgan fingerprint density at radius 3 is 2.20 bits per heavy atom. The van der Waals surface area contributed by atoms with Crippen molar-refractivity contribution >= 4 is 11.7 Å². The number of nitro benzene ring substituents is 1. The molecule has 4 aliphatic rings. The zero-order valence-corrected chi connectivity index (χ0v) is 35.3. The molecule has 54 heavy (non-hydrogen) atoms. The molecule has 0 saturated heterocycles. The molecular weight excluding hydrogens is 671 g/mol. The number of carbonyl (C=O) groups excluding carboxylic acids is 1. The Morgan fingerprint density at radius 2 is 1.54 bits per heavy atom. The zero-order valence-electron chi connectivity index (χ0n) is 35.3. The van der Waals surface area contributed by atoms with Gasteiger partial charge in [0.1, 0.15) is 6.10 Å². The summed E-state index contributed by atoms with van der Waals surface area (Å²) in [5.41, 5.74) is 2.21. The third-order valence-corrected chi connectivity index (χ3v) is 15.2. The molecule has 0 N–H and O–H groups in total. The number of ether oxygens (including phenoxy) is 2. The highest BCUT2D eigenvalue weighted by Gasteiger charge is 2.59. The summed E-state index contributed by atoms with van der Waals surface area (Å²) in [7, 11) is 0. The van der Waals surface area contributed by atoms with E-state index in [1.807, 2.05) is 0 Å². The first-order valence-corrected chi connectivity index (χ1v) is 22.8. The van der Waals surface area contributed by atoms with Gasteiger partial charge in [0, 0.05) is 12.5 Å². The van der Waals surface area contributed by atoms with Gasteiger partial charge >= 0.3 is 11.7 Å². The van der Waals surface area contributed by atoms with Crippen molar-refractivity contribution in [2.75, 3.05) is 6.61 Å². The van der Waals surface area contributed by atoms with Crippen LogP contribution in [0, 0.1) is 56.5 Å². The van der Waals surface area contributed by atoms with E-state index < -0.39 is 10.9 Å². The van der Waals surface area contributed by atoms with Crippen LogP contribution in [0.5, 0.6) is 5.75 Å². The molecule has 0 unspecified atom stereocenters. The first-order valence-electron chi connectivity index (χ1n) is 22.8. The van der Waals surface area contributed by atoms with E-state index in [0.717, 1.165) is 68.1 Å². The Hall–Kier alpha value is -2.37. The van der Waals surface area contributed by atoms with Crippen molar-refractivity contribution in [3.05, 3.63) is 45.5 Å². The lowest BCUT2D eigenvalue weighted by atomic mass is 9.47. The molecular formula is C48H77NO5. The van der Waals surface area contributed by atoms with Crippen LogP contribution in [0.4, 0.5) is 5.69 Å². The van der Waals surface area contributed by atoms with Gasteiger partial charge in [-0.1, -0.05) is 143 Å². The summed E-state index contributed by atoms with van der Waals surface area (Å²) in [6.45, 7) is 15.1. The predicted molar refractivity (Wildman–Crippen MR) is 222 cm³/mol. The van der Waals surface area contributed by atoms with Crippen molar-refractivity contribution < 1.29 is 19.2 Å². The van der Waals surface area contributed by atoms with E-state index in [1.54, 1.807) is 12.1 Å². The predicted octanol–water partition coefficient (Wildman–Crippen LogP) is 14.2. The van der Waals surface area contributed by atoms with Crippen LogP contribution in [0.2, 0.25) is 0 Å². The molecule has 5 rings (SSSR count). The number of esters is 1. The lowest BCUT2D eigenvalue weighted by molar-refractivity contribution is -0.385. The van der Waals surface area contributed by atoms with Gasteiger partial charge in [-0.2, -0.15) is 0 Å². The minimum absolute atomic E-state index is 0.163. The maximum atomic E-state index is 13.4. The summed E-state index contributed by atoms with van der Waals surface area (Å²) >= 11 is 0. The smallest absolute Gasteiger partial charge is 0.338 e. The number of unbranched alkanes of at least 4 members (excludes halogenated alkanes) is 11. The summed E-state index contributed by atoms with van der Waals surface area (Å²) in [4.78, 5) is 24.9. The number of nitrogens with zero attached hydrogens (tertiary/aromatic N) is 1. The highest BCUT2D eigenvalue weighted by Crippen LogP contribution is 2.67. The summed E-state index contributed by atoms with van der Waals surface area (Å²) in [6, 6.07) is 4.55.